The summed E-state index contributed by atoms with van der Waals surface area (Å²) in [6, 6.07) is 1.93. The first-order chi connectivity index (χ1) is 5.13. The van der Waals surface area contributed by atoms with E-state index in [1.807, 2.05) is 13.0 Å². The van der Waals surface area contributed by atoms with Crippen LogP contribution in [0, 0.1) is 6.92 Å². The summed E-state index contributed by atoms with van der Waals surface area (Å²) in [5.74, 6) is 6.28. The maximum atomic E-state index is 5.52. The predicted octanol–water partition coefficient (Wildman–Crippen LogP) is 1.46. The van der Waals surface area contributed by atoms with Gasteiger partial charge in [0.25, 0.3) is 0 Å². The summed E-state index contributed by atoms with van der Waals surface area (Å²) in [4.78, 5) is 4.09. The van der Waals surface area contributed by atoms with Crippen LogP contribution in [0.1, 0.15) is 5.56 Å². The molecular weight excluding hydrogens is 206 g/mol. The highest BCUT2D eigenvalue weighted by Gasteiger charge is 2.04. The van der Waals surface area contributed by atoms with Gasteiger partial charge < -0.3 is 0 Å². The first-order valence-corrected chi connectivity index (χ1v) is 4.01. The molecule has 1 heterocycles. The molecule has 0 aromatic carbocycles. The molecule has 0 atom stereocenters. The zero-order valence-corrected chi connectivity index (χ0v) is 8.09. The Labute approximate surface area is 74.3 Å². The number of aromatic nitrogens is 1. The van der Waals surface area contributed by atoms with Gasteiger partial charge in [0.15, 0.2) is 5.82 Å². The van der Waals surface area contributed by atoms with Gasteiger partial charge in [0.1, 0.15) is 0 Å². The van der Waals surface area contributed by atoms with Crippen LogP contribution in [0.25, 0.3) is 0 Å². The summed E-state index contributed by atoms with van der Waals surface area (Å²) in [6.07, 6.45) is 1.73. The van der Waals surface area contributed by atoms with Crippen molar-refractivity contribution in [3.8, 4) is 0 Å². The van der Waals surface area contributed by atoms with E-state index >= 15 is 0 Å². The number of nitrogens with zero attached hydrogens (tertiary/aromatic N) is 2. The van der Waals surface area contributed by atoms with Gasteiger partial charge in [-0.3, -0.25) is 5.01 Å². The molecule has 0 fully saturated rings. The fraction of sp³-hybridized carbons (Fsp3) is 0.286. The van der Waals surface area contributed by atoms with E-state index < -0.39 is 0 Å². The number of hydrazine groups is 1. The Morgan fingerprint density at radius 2 is 2.27 bits per heavy atom. The lowest BCUT2D eigenvalue weighted by Gasteiger charge is -2.13. The highest BCUT2D eigenvalue weighted by molar-refractivity contribution is 9.10. The lowest BCUT2D eigenvalue weighted by atomic mass is 10.3. The molecule has 1 aromatic rings. The van der Waals surface area contributed by atoms with E-state index in [1.165, 1.54) is 5.01 Å². The number of halogens is 1. The molecule has 4 heteroatoms. The lowest BCUT2D eigenvalue weighted by molar-refractivity contribution is 0.967. The molecule has 3 nitrogen and oxygen atoms in total. The molecule has 0 aliphatic carbocycles. The summed E-state index contributed by atoms with van der Waals surface area (Å²) in [5, 5.41) is 1.48. The average Bonchev–Trinajstić information content (AvgIpc) is 1.94. The fourth-order valence-corrected chi connectivity index (χ4v) is 1.29. The summed E-state index contributed by atoms with van der Waals surface area (Å²) in [7, 11) is 1.76. The van der Waals surface area contributed by atoms with Crippen molar-refractivity contribution in [3.05, 3.63) is 22.3 Å². The second kappa shape index (κ2) is 3.19. The Balaban J connectivity index is 3.17. The molecule has 60 valence electrons. The topological polar surface area (TPSA) is 42.2 Å². The van der Waals surface area contributed by atoms with E-state index in [0.717, 1.165) is 15.9 Å². The van der Waals surface area contributed by atoms with Crippen LogP contribution in [0.3, 0.4) is 0 Å². The van der Waals surface area contributed by atoms with Gasteiger partial charge in [0.05, 0.1) is 4.47 Å². The van der Waals surface area contributed by atoms with Crippen LogP contribution in [0.5, 0.6) is 0 Å². The Morgan fingerprint density at radius 1 is 1.64 bits per heavy atom. The average molecular weight is 216 g/mol. The zero-order valence-electron chi connectivity index (χ0n) is 6.50. The Hall–Kier alpha value is -0.610. The third-order valence-corrected chi connectivity index (χ3v) is 2.38. The number of aryl methyl sites for hydroxylation is 1. The Morgan fingerprint density at radius 3 is 2.73 bits per heavy atom. The van der Waals surface area contributed by atoms with Gasteiger partial charge in [-0.25, -0.2) is 10.8 Å². The van der Waals surface area contributed by atoms with E-state index in [2.05, 4.69) is 20.9 Å². The minimum Gasteiger partial charge on any atom is -0.297 e. The second-order valence-corrected chi connectivity index (χ2v) is 3.17. The quantitative estimate of drug-likeness (QED) is 0.570. The first kappa shape index (κ1) is 8.49. The standard InChI is InChI=1S/C7H10BrN3/c1-5-3-4-10-7(6(5)8)11(2)9/h3-4H,9H2,1-2H3. The monoisotopic (exact) mass is 215 g/mol. The molecule has 0 spiro atoms. The van der Waals surface area contributed by atoms with Crippen molar-refractivity contribution in [3.63, 3.8) is 0 Å². The Bertz CT molecular complexity index is 260. The van der Waals surface area contributed by atoms with Crippen LogP contribution in [-0.4, -0.2) is 12.0 Å². The van der Waals surface area contributed by atoms with Gasteiger partial charge in [-0.2, -0.15) is 0 Å². The minimum atomic E-state index is 0.755. The maximum Gasteiger partial charge on any atom is 0.156 e. The van der Waals surface area contributed by atoms with Crippen molar-refractivity contribution in [1.82, 2.24) is 4.98 Å². The number of nitrogens with two attached hydrogens (primary N) is 1. The molecular formula is C7H10BrN3. The first-order valence-electron chi connectivity index (χ1n) is 3.22. The van der Waals surface area contributed by atoms with Crippen LogP contribution in [0.2, 0.25) is 0 Å². The van der Waals surface area contributed by atoms with Crippen LogP contribution in [0.4, 0.5) is 5.82 Å². The predicted molar refractivity (Wildman–Crippen MR) is 49.3 cm³/mol. The van der Waals surface area contributed by atoms with Gasteiger partial charge in [-0.05, 0) is 34.5 Å². The van der Waals surface area contributed by atoms with E-state index in [9.17, 15) is 0 Å². The molecule has 1 rings (SSSR count). The minimum absolute atomic E-state index is 0.755. The van der Waals surface area contributed by atoms with Crippen molar-refractivity contribution in [2.45, 2.75) is 6.92 Å². The van der Waals surface area contributed by atoms with Gasteiger partial charge in [0, 0.05) is 13.2 Å². The van der Waals surface area contributed by atoms with Crippen LogP contribution in [0.15, 0.2) is 16.7 Å². The van der Waals surface area contributed by atoms with Crippen molar-refractivity contribution >= 4 is 21.7 Å². The molecule has 0 saturated heterocycles. The summed E-state index contributed by atoms with van der Waals surface area (Å²) < 4.78 is 0.949. The summed E-state index contributed by atoms with van der Waals surface area (Å²) >= 11 is 3.40. The van der Waals surface area contributed by atoms with Crippen molar-refractivity contribution in [1.29, 1.82) is 0 Å². The zero-order chi connectivity index (χ0) is 8.43. The van der Waals surface area contributed by atoms with Crippen LogP contribution < -0.4 is 10.9 Å². The molecule has 0 aliphatic heterocycles. The third kappa shape index (κ3) is 1.70. The largest absolute Gasteiger partial charge is 0.297 e. The number of rotatable bonds is 1. The van der Waals surface area contributed by atoms with E-state index in [1.54, 1.807) is 13.2 Å². The highest BCUT2D eigenvalue weighted by atomic mass is 79.9. The fourth-order valence-electron chi connectivity index (χ4n) is 0.772. The van der Waals surface area contributed by atoms with E-state index in [4.69, 9.17) is 5.84 Å². The van der Waals surface area contributed by atoms with Gasteiger partial charge in [-0.15, -0.1) is 0 Å². The highest BCUT2D eigenvalue weighted by Crippen LogP contribution is 2.23. The molecule has 0 unspecified atom stereocenters. The van der Waals surface area contributed by atoms with Gasteiger partial charge >= 0.3 is 0 Å². The van der Waals surface area contributed by atoms with Gasteiger partial charge in [-0.1, -0.05) is 0 Å². The Kier molecular flexibility index (Phi) is 2.46. The van der Waals surface area contributed by atoms with Gasteiger partial charge in [0.2, 0.25) is 0 Å². The lowest BCUT2D eigenvalue weighted by Crippen LogP contribution is -2.26. The molecule has 11 heavy (non-hydrogen) atoms. The number of anilines is 1. The molecule has 1 aromatic heterocycles. The summed E-state index contributed by atoms with van der Waals surface area (Å²) in [6.45, 7) is 2.00. The molecule has 0 saturated carbocycles. The summed E-state index contributed by atoms with van der Waals surface area (Å²) in [5.41, 5.74) is 1.13. The molecule has 0 aliphatic rings. The molecule has 2 N–H and O–H groups in total. The SMILES string of the molecule is Cc1ccnc(N(C)N)c1Br. The number of pyridine rings is 1. The van der Waals surface area contributed by atoms with E-state index in [0.29, 0.717) is 0 Å². The smallest absolute Gasteiger partial charge is 0.156 e. The maximum absolute atomic E-state index is 5.52. The number of hydrogen-bond donors (Lipinski definition) is 1. The van der Waals surface area contributed by atoms with Crippen LogP contribution >= 0.6 is 15.9 Å². The van der Waals surface area contributed by atoms with E-state index in [-0.39, 0.29) is 0 Å². The van der Waals surface area contributed by atoms with Crippen molar-refractivity contribution < 1.29 is 0 Å². The van der Waals surface area contributed by atoms with Crippen molar-refractivity contribution in [2.24, 2.45) is 5.84 Å². The number of hydrogen-bond acceptors (Lipinski definition) is 3. The molecule has 0 bridgehead atoms. The normalized spacial score (nSPS) is 9.82. The molecule has 0 amide bonds. The van der Waals surface area contributed by atoms with Crippen LogP contribution in [-0.2, 0) is 0 Å². The van der Waals surface area contributed by atoms with Crippen molar-refractivity contribution in [2.75, 3.05) is 12.1 Å². The third-order valence-electron chi connectivity index (χ3n) is 1.40. The molecule has 0 radical (unpaired) electrons. The second-order valence-electron chi connectivity index (χ2n) is 2.38.